The van der Waals surface area contributed by atoms with E-state index in [0.29, 0.717) is 28.6 Å². The Labute approximate surface area is 153 Å². The van der Waals surface area contributed by atoms with E-state index in [1.165, 1.54) is 4.90 Å². The summed E-state index contributed by atoms with van der Waals surface area (Å²) in [4.78, 5) is 17.6. The fourth-order valence-corrected chi connectivity index (χ4v) is 2.93. The van der Waals surface area contributed by atoms with Gasteiger partial charge in [0.2, 0.25) is 0 Å². The summed E-state index contributed by atoms with van der Waals surface area (Å²) in [6.07, 6.45) is 2.65. The Morgan fingerprint density at radius 1 is 1.33 bits per heavy atom. The number of amides is 1. The zero-order valence-corrected chi connectivity index (χ0v) is 16.0. The number of nitrogens with zero attached hydrogens (tertiary/aromatic N) is 2. The van der Waals surface area contributed by atoms with E-state index >= 15 is 0 Å². The van der Waals surface area contributed by atoms with Crippen LogP contribution in [0.4, 0.5) is 4.79 Å². The van der Waals surface area contributed by atoms with E-state index in [4.69, 9.17) is 23.2 Å². The van der Waals surface area contributed by atoms with Crippen molar-refractivity contribution in [3.05, 3.63) is 46.5 Å². The summed E-state index contributed by atoms with van der Waals surface area (Å²) in [6.45, 7) is 10.1. The molecular weight excluding hydrogens is 347 g/mol. The first kappa shape index (κ1) is 20.5. The van der Waals surface area contributed by atoms with Gasteiger partial charge < -0.3 is 5.11 Å². The summed E-state index contributed by atoms with van der Waals surface area (Å²) < 4.78 is 0. The van der Waals surface area contributed by atoms with Crippen LogP contribution in [0.2, 0.25) is 10.0 Å². The second kappa shape index (κ2) is 8.04. The van der Waals surface area contributed by atoms with Gasteiger partial charge in [0.15, 0.2) is 0 Å². The monoisotopic (exact) mass is 370 g/mol. The number of halogens is 2. The largest absolute Gasteiger partial charge is 0.465 e. The van der Waals surface area contributed by atoms with Gasteiger partial charge in [-0.25, -0.2) is 4.79 Å². The summed E-state index contributed by atoms with van der Waals surface area (Å²) in [5.41, 5.74) is -0.527. The molecule has 1 aromatic rings. The van der Waals surface area contributed by atoms with Crippen molar-refractivity contribution < 1.29 is 9.90 Å². The van der Waals surface area contributed by atoms with Crippen LogP contribution in [-0.2, 0) is 5.54 Å². The van der Waals surface area contributed by atoms with Crippen molar-refractivity contribution in [2.75, 3.05) is 13.6 Å². The summed E-state index contributed by atoms with van der Waals surface area (Å²) in [5, 5.41) is 10.7. The van der Waals surface area contributed by atoms with Gasteiger partial charge in [-0.3, -0.25) is 9.89 Å². The minimum Gasteiger partial charge on any atom is -0.465 e. The molecule has 132 valence electrons. The fraction of sp³-hybridized carbons (Fsp3) is 0.444. The summed E-state index contributed by atoms with van der Waals surface area (Å²) in [6, 6.07) is 5.13. The molecule has 0 aliphatic rings. The molecule has 24 heavy (non-hydrogen) atoms. The topological polar surface area (TPSA) is 52.9 Å². The lowest BCUT2D eigenvalue weighted by Gasteiger charge is -2.42. The first-order valence-electron chi connectivity index (χ1n) is 7.57. The molecule has 1 rings (SSSR count). The number of carbonyl (C=O) groups is 1. The van der Waals surface area contributed by atoms with Crippen LogP contribution in [0.3, 0.4) is 0 Å². The Bertz CT molecular complexity index is 638. The van der Waals surface area contributed by atoms with Crippen molar-refractivity contribution in [3.63, 3.8) is 0 Å². The van der Waals surface area contributed by atoms with Crippen LogP contribution in [0.1, 0.15) is 32.8 Å². The van der Waals surface area contributed by atoms with E-state index in [9.17, 15) is 9.90 Å². The molecule has 1 unspecified atom stereocenters. The van der Waals surface area contributed by atoms with E-state index in [1.807, 2.05) is 20.8 Å². The van der Waals surface area contributed by atoms with Gasteiger partial charge in [0, 0.05) is 19.8 Å². The van der Waals surface area contributed by atoms with Crippen LogP contribution >= 0.6 is 23.2 Å². The third-order valence-electron chi connectivity index (χ3n) is 3.56. The standard InChI is InChI=1S/C18H24Cl2N2O2/c1-6-9-18(11-21-5,13-7-8-14(19)15(20)10-13)22(16(23)24)12-17(2,3)4/h6-8,10-11H,1,9,12H2,2-5H3,(H,23,24). The number of hydrogen-bond donors (Lipinski definition) is 1. The average Bonchev–Trinajstić information content (AvgIpc) is 2.46. The maximum absolute atomic E-state index is 12.1. The number of rotatable bonds is 6. The molecule has 0 aliphatic carbocycles. The molecule has 0 saturated carbocycles. The first-order valence-corrected chi connectivity index (χ1v) is 8.33. The van der Waals surface area contributed by atoms with Gasteiger partial charge in [0.1, 0.15) is 5.54 Å². The van der Waals surface area contributed by atoms with E-state index in [2.05, 4.69) is 11.6 Å². The van der Waals surface area contributed by atoms with Gasteiger partial charge in [-0.1, -0.05) is 56.1 Å². The number of carboxylic acid groups (broad SMARTS) is 1. The predicted molar refractivity (Wildman–Crippen MR) is 102 cm³/mol. The predicted octanol–water partition coefficient (Wildman–Crippen LogP) is 5.49. The van der Waals surface area contributed by atoms with Crippen LogP contribution in [0, 0.1) is 5.41 Å². The lowest BCUT2D eigenvalue weighted by atomic mass is 9.83. The van der Waals surface area contributed by atoms with E-state index in [-0.39, 0.29) is 5.41 Å². The molecule has 0 fully saturated rings. The molecule has 1 aromatic carbocycles. The van der Waals surface area contributed by atoms with Crippen LogP contribution in [0.5, 0.6) is 0 Å². The zero-order valence-electron chi connectivity index (χ0n) is 14.5. The minimum atomic E-state index is -1.03. The van der Waals surface area contributed by atoms with E-state index in [0.717, 1.165) is 0 Å². The molecular formula is C18H24Cl2N2O2. The normalized spacial score (nSPS) is 14.4. The maximum Gasteiger partial charge on any atom is 0.408 e. The molecule has 0 saturated heterocycles. The maximum atomic E-state index is 12.1. The average molecular weight is 371 g/mol. The van der Waals surface area contributed by atoms with E-state index < -0.39 is 11.6 Å². The molecule has 1 N–H and O–H groups in total. The lowest BCUT2D eigenvalue weighted by molar-refractivity contribution is 0.0833. The summed E-state index contributed by atoms with van der Waals surface area (Å²) >= 11 is 12.2. The quantitative estimate of drug-likeness (QED) is 0.531. The Kier molecular flexibility index (Phi) is 6.87. The summed E-state index contributed by atoms with van der Waals surface area (Å²) in [7, 11) is 1.62. The Balaban J connectivity index is 3.64. The van der Waals surface area contributed by atoms with Gasteiger partial charge >= 0.3 is 6.09 Å². The molecule has 4 nitrogen and oxygen atoms in total. The second-order valence-corrected chi connectivity index (χ2v) is 7.68. The molecule has 1 atom stereocenters. The van der Waals surface area contributed by atoms with Crippen LogP contribution < -0.4 is 0 Å². The molecule has 0 bridgehead atoms. The second-order valence-electron chi connectivity index (χ2n) is 6.86. The third-order valence-corrected chi connectivity index (χ3v) is 4.30. The minimum absolute atomic E-state index is 0.234. The van der Waals surface area contributed by atoms with Crippen molar-refractivity contribution in [1.29, 1.82) is 0 Å². The van der Waals surface area contributed by atoms with Crippen LogP contribution in [0.25, 0.3) is 0 Å². The Hall–Kier alpha value is -1.52. The van der Waals surface area contributed by atoms with Crippen molar-refractivity contribution in [2.45, 2.75) is 32.7 Å². The smallest absolute Gasteiger partial charge is 0.408 e. The SMILES string of the molecule is C=CCC(C=NC)(c1ccc(Cl)c(Cl)c1)N(CC(C)(C)C)C(=O)O. The molecule has 6 heteroatoms. The van der Waals surface area contributed by atoms with Crippen LogP contribution in [0.15, 0.2) is 35.8 Å². The highest BCUT2D eigenvalue weighted by molar-refractivity contribution is 6.42. The highest BCUT2D eigenvalue weighted by Gasteiger charge is 2.41. The van der Waals surface area contributed by atoms with Gasteiger partial charge in [-0.05, 0) is 29.5 Å². The van der Waals surface area contributed by atoms with Gasteiger partial charge in [0.05, 0.1) is 10.0 Å². The zero-order chi connectivity index (χ0) is 18.5. The van der Waals surface area contributed by atoms with Gasteiger partial charge in [0.25, 0.3) is 0 Å². The Morgan fingerprint density at radius 3 is 2.38 bits per heavy atom. The van der Waals surface area contributed by atoms with Gasteiger partial charge in [-0.15, -0.1) is 6.58 Å². The number of hydrogen-bond acceptors (Lipinski definition) is 2. The molecule has 0 aromatic heterocycles. The Morgan fingerprint density at radius 2 is 1.96 bits per heavy atom. The van der Waals surface area contributed by atoms with Crippen molar-refractivity contribution >= 4 is 35.5 Å². The number of aliphatic imine (C=N–C) groups is 1. The number of benzene rings is 1. The highest BCUT2D eigenvalue weighted by atomic mass is 35.5. The molecule has 0 spiro atoms. The first-order chi connectivity index (χ1) is 11.1. The van der Waals surface area contributed by atoms with Crippen molar-refractivity contribution in [1.82, 2.24) is 4.90 Å². The van der Waals surface area contributed by atoms with Gasteiger partial charge in [-0.2, -0.15) is 0 Å². The molecule has 0 aliphatic heterocycles. The van der Waals surface area contributed by atoms with Crippen LogP contribution in [-0.4, -0.2) is 35.9 Å². The summed E-state index contributed by atoms with van der Waals surface area (Å²) in [5.74, 6) is 0. The molecule has 1 amide bonds. The van der Waals surface area contributed by atoms with Crippen molar-refractivity contribution in [3.8, 4) is 0 Å². The third kappa shape index (κ3) is 4.74. The van der Waals surface area contributed by atoms with Crippen molar-refractivity contribution in [2.24, 2.45) is 10.4 Å². The fourth-order valence-electron chi connectivity index (χ4n) is 2.63. The molecule has 0 heterocycles. The molecule has 0 radical (unpaired) electrons. The van der Waals surface area contributed by atoms with E-state index in [1.54, 1.807) is 37.5 Å². The lowest BCUT2D eigenvalue weighted by Crippen LogP contribution is -2.53. The highest BCUT2D eigenvalue weighted by Crippen LogP contribution is 2.37.